The summed E-state index contributed by atoms with van der Waals surface area (Å²) in [6.07, 6.45) is 1.49. The molecular weight excluding hydrogens is 199 g/mol. The van der Waals surface area contributed by atoms with Crippen LogP contribution in [-0.4, -0.2) is 15.1 Å². The number of phenolic OH excluding ortho intramolecular Hbond substituents is 1. The van der Waals surface area contributed by atoms with Gasteiger partial charge in [0.25, 0.3) is 0 Å². The van der Waals surface area contributed by atoms with Crippen molar-refractivity contribution >= 4 is 34.2 Å². The highest BCUT2D eigenvalue weighted by molar-refractivity contribution is 6.40. The van der Waals surface area contributed by atoms with Crippen molar-refractivity contribution in [2.24, 2.45) is 0 Å². The lowest BCUT2D eigenvalue weighted by Crippen LogP contribution is -1.75. The minimum absolute atomic E-state index is 0.127. The van der Waals surface area contributed by atoms with E-state index in [1.165, 1.54) is 6.33 Å². The van der Waals surface area contributed by atoms with Gasteiger partial charge < -0.3 is 10.1 Å². The van der Waals surface area contributed by atoms with Gasteiger partial charge in [-0.25, -0.2) is 4.98 Å². The van der Waals surface area contributed by atoms with Gasteiger partial charge in [0.05, 0.1) is 16.9 Å². The maximum Gasteiger partial charge on any atom is 0.155 e. The van der Waals surface area contributed by atoms with Crippen molar-refractivity contribution in [3.05, 3.63) is 22.4 Å². The van der Waals surface area contributed by atoms with Crippen molar-refractivity contribution in [1.29, 1.82) is 0 Å². The van der Waals surface area contributed by atoms with E-state index in [4.69, 9.17) is 23.2 Å². The summed E-state index contributed by atoms with van der Waals surface area (Å²) in [6.45, 7) is 0. The predicted molar refractivity (Wildman–Crippen MR) is 47.8 cm³/mol. The van der Waals surface area contributed by atoms with Crippen molar-refractivity contribution in [3.8, 4) is 5.75 Å². The Balaban J connectivity index is 2.94. The number of benzene rings is 1. The lowest BCUT2D eigenvalue weighted by atomic mass is 10.3. The zero-order valence-corrected chi connectivity index (χ0v) is 7.32. The van der Waals surface area contributed by atoms with E-state index in [0.717, 1.165) is 0 Å². The molecule has 2 aromatic rings. The van der Waals surface area contributed by atoms with Gasteiger partial charge in [-0.15, -0.1) is 0 Å². The third-order valence-electron chi connectivity index (χ3n) is 1.58. The zero-order chi connectivity index (χ0) is 8.72. The Kier molecular flexibility index (Phi) is 1.63. The Morgan fingerprint density at radius 2 is 2.17 bits per heavy atom. The summed E-state index contributed by atoms with van der Waals surface area (Å²) < 4.78 is 0. The molecule has 5 heteroatoms. The first kappa shape index (κ1) is 7.71. The Bertz CT molecular complexity index is 438. The summed E-state index contributed by atoms with van der Waals surface area (Å²) in [5.74, 6) is -0.127. The number of hydrogen-bond donors (Lipinski definition) is 2. The van der Waals surface area contributed by atoms with Crippen molar-refractivity contribution in [3.63, 3.8) is 0 Å². The van der Waals surface area contributed by atoms with E-state index in [1.54, 1.807) is 6.07 Å². The summed E-state index contributed by atoms with van der Waals surface area (Å²) >= 11 is 11.4. The SMILES string of the molecule is Oc1c(Cl)cc2[nH]cnc2c1Cl. The Morgan fingerprint density at radius 3 is 2.92 bits per heavy atom. The third-order valence-corrected chi connectivity index (χ3v) is 2.23. The fourth-order valence-corrected chi connectivity index (χ4v) is 1.51. The Morgan fingerprint density at radius 1 is 1.42 bits per heavy atom. The van der Waals surface area contributed by atoms with Crippen LogP contribution in [0.5, 0.6) is 5.75 Å². The van der Waals surface area contributed by atoms with Gasteiger partial charge in [-0.05, 0) is 6.07 Å². The predicted octanol–water partition coefficient (Wildman–Crippen LogP) is 2.58. The third kappa shape index (κ3) is 0.940. The van der Waals surface area contributed by atoms with E-state index in [-0.39, 0.29) is 15.8 Å². The number of aromatic amines is 1. The normalized spacial score (nSPS) is 10.8. The van der Waals surface area contributed by atoms with E-state index < -0.39 is 0 Å². The van der Waals surface area contributed by atoms with Crippen LogP contribution in [0.1, 0.15) is 0 Å². The van der Waals surface area contributed by atoms with Crippen LogP contribution in [0.25, 0.3) is 11.0 Å². The fourth-order valence-electron chi connectivity index (χ4n) is 1.00. The molecular formula is C7H4Cl2N2O. The number of nitrogens with zero attached hydrogens (tertiary/aromatic N) is 1. The van der Waals surface area contributed by atoms with Crippen LogP contribution in [0, 0.1) is 0 Å². The molecule has 62 valence electrons. The quantitative estimate of drug-likeness (QED) is 0.691. The first-order valence-electron chi connectivity index (χ1n) is 3.20. The number of aromatic hydroxyl groups is 1. The number of imidazole rings is 1. The maximum absolute atomic E-state index is 9.30. The molecule has 2 N–H and O–H groups in total. The van der Waals surface area contributed by atoms with E-state index in [9.17, 15) is 5.11 Å². The topological polar surface area (TPSA) is 48.9 Å². The first-order chi connectivity index (χ1) is 5.70. The molecule has 0 saturated heterocycles. The second-order valence-electron chi connectivity index (χ2n) is 2.32. The number of halogens is 2. The molecule has 3 nitrogen and oxygen atoms in total. The molecule has 1 aromatic carbocycles. The molecule has 0 radical (unpaired) electrons. The van der Waals surface area contributed by atoms with Gasteiger partial charge in [0, 0.05) is 0 Å². The first-order valence-corrected chi connectivity index (χ1v) is 3.96. The highest BCUT2D eigenvalue weighted by atomic mass is 35.5. The minimum Gasteiger partial charge on any atom is -0.505 e. The molecule has 0 aliphatic rings. The summed E-state index contributed by atoms with van der Waals surface area (Å²) in [4.78, 5) is 6.75. The van der Waals surface area contributed by atoms with Gasteiger partial charge >= 0.3 is 0 Å². The Hall–Kier alpha value is -0.930. The summed E-state index contributed by atoms with van der Waals surface area (Å²) in [7, 11) is 0. The van der Waals surface area contributed by atoms with Gasteiger partial charge in [0.2, 0.25) is 0 Å². The molecule has 0 fully saturated rings. The van der Waals surface area contributed by atoms with Crippen LogP contribution in [0.2, 0.25) is 10.0 Å². The molecule has 2 rings (SSSR count). The second-order valence-corrected chi connectivity index (χ2v) is 3.10. The lowest BCUT2D eigenvalue weighted by Gasteiger charge is -1.98. The molecule has 1 aromatic heterocycles. The smallest absolute Gasteiger partial charge is 0.155 e. The standard InChI is InChI=1S/C7H4Cl2N2O/c8-3-1-4-6(11-2-10-4)5(9)7(3)12/h1-2,12H,(H,10,11). The highest BCUT2D eigenvalue weighted by Crippen LogP contribution is 2.36. The van der Waals surface area contributed by atoms with Crippen molar-refractivity contribution in [1.82, 2.24) is 9.97 Å². The minimum atomic E-state index is -0.127. The van der Waals surface area contributed by atoms with Crippen molar-refractivity contribution in [2.75, 3.05) is 0 Å². The second kappa shape index (κ2) is 2.54. The average Bonchev–Trinajstić information content (AvgIpc) is 2.48. The van der Waals surface area contributed by atoms with Crippen LogP contribution in [0.3, 0.4) is 0 Å². The molecule has 0 atom stereocenters. The molecule has 0 amide bonds. The number of fused-ring (bicyclic) bond motifs is 1. The molecule has 1 heterocycles. The largest absolute Gasteiger partial charge is 0.505 e. The monoisotopic (exact) mass is 202 g/mol. The Labute approximate surface area is 77.9 Å². The van der Waals surface area contributed by atoms with E-state index >= 15 is 0 Å². The fraction of sp³-hybridized carbons (Fsp3) is 0. The maximum atomic E-state index is 9.30. The van der Waals surface area contributed by atoms with Crippen molar-refractivity contribution in [2.45, 2.75) is 0 Å². The molecule has 0 saturated carbocycles. The molecule has 0 aliphatic heterocycles. The van der Waals surface area contributed by atoms with Crippen LogP contribution in [0.4, 0.5) is 0 Å². The van der Waals surface area contributed by atoms with Crippen LogP contribution >= 0.6 is 23.2 Å². The molecule has 0 spiro atoms. The number of phenols is 1. The van der Waals surface area contributed by atoms with Crippen LogP contribution < -0.4 is 0 Å². The van der Waals surface area contributed by atoms with E-state index in [1.807, 2.05) is 0 Å². The molecule has 0 unspecified atom stereocenters. The average molecular weight is 203 g/mol. The van der Waals surface area contributed by atoms with Crippen LogP contribution in [-0.2, 0) is 0 Å². The van der Waals surface area contributed by atoms with Crippen LogP contribution in [0.15, 0.2) is 12.4 Å². The van der Waals surface area contributed by atoms with Gasteiger partial charge in [0.15, 0.2) is 5.75 Å². The summed E-state index contributed by atoms with van der Waals surface area (Å²) in [6, 6.07) is 1.57. The van der Waals surface area contributed by atoms with E-state index in [2.05, 4.69) is 9.97 Å². The highest BCUT2D eigenvalue weighted by Gasteiger charge is 2.10. The number of rotatable bonds is 0. The van der Waals surface area contributed by atoms with Crippen molar-refractivity contribution < 1.29 is 5.11 Å². The number of nitrogens with one attached hydrogen (secondary N) is 1. The zero-order valence-electron chi connectivity index (χ0n) is 5.81. The number of hydrogen-bond acceptors (Lipinski definition) is 2. The number of H-pyrrole nitrogens is 1. The van der Waals surface area contributed by atoms with Gasteiger partial charge in [-0.3, -0.25) is 0 Å². The summed E-state index contributed by atoms with van der Waals surface area (Å²) in [5, 5.41) is 9.70. The van der Waals surface area contributed by atoms with Gasteiger partial charge in [-0.2, -0.15) is 0 Å². The lowest BCUT2D eigenvalue weighted by molar-refractivity contribution is 0.476. The van der Waals surface area contributed by atoms with Gasteiger partial charge in [-0.1, -0.05) is 23.2 Å². The molecule has 0 aliphatic carbocycles. The molecule has 12 heavy (non-hydrogen) atoms. The molecule has 0 bridgehead atoms. The van der Waals surface area contributed by atoms with E-state index in [0.29, 0.717) is 11.0 Å². The summed E-state index contributed by atoms with van der Waals surface area (Å²) in [5.41, 5.74) is 1.24. The number of aromatic nitrogens is 2. The van der Waals surface area contributed by atoms with Gasteiger partial charge in [0.1, 0.15) is 10.5 Å².